The van der Waals surface area contributed by atoms with Gasteiger partial charge in [-0.3, -0.25) is 9.59 Å². The maximum Gasteiger partial charge on any atom is 0.273 e. The van der Waals surface area contributed by atoms with Crippen LogP contribution < -0.4 is 11.1 Å². The molecule has 2 aromatic rings. The fourth-order valence-corrected chi connectivity index (χ4v) is 5.21. The number of hydrogen-bond acceptors (Lipinski definition) is 8. The van der Waals surface area contributed by atoms with E-state index in [2.05, 4.69) is 27.2 Å². The van der Waals surface area contributed by atoms with E-state index in [4.69, 9.17) is 5.73 Å². The Bertz CT molecular complexity index is 1020. The molecule has 2 aliphatic rings. The van der Waals surface area contributed by atoms with E-state index in [-0.39, 0.29) is 29.8 Å². The highest BCUT2D eigenvalue weighted by atomic mass is 35.5. The van der Waals surface area contributed by atoms with Gasteiger partial charge in [0, 0.05) is 44.7 Å². The highest BCUT2D eigenvalue weighted by Gasteiger charge is 2.26. The molecule has 1 aromatic carbocycles. The molecule has 0 bridgehead atoms. The van der Waals surface area contributed by atoms with E-state index in [1.807, 2.05) is 33.5 Å². The lowest BCUT2D eigenvalue weighted by molar-refractivity contribution is -0.127. The van der Waals surface area contributed by atoms with Crippen molar-refractivity contribution in [3.63, 3.8) is 0 Å². The van der Waals surface area contributed by atoms with Crippen LogP contribution >= 0.6 is 12.4 Å². The first kappa shape index (κ1) is 27.2. The summed E-state index contributed by atoms with van der Waals surface area (Å²) in [4.78, 5) is 37.6. The molecule has 12 heteroatoms. The van der Waals surface area contributed by atoms with Gasteiger partial charge >= 0.3 is 0 Å². The van der Waals surface area contributed by atoms with Crippen molar-refractivity contribution in [2.45, 2.75) is 24.2 Å². The van der Waals surface area contributed by atoms with Crippen LogP contribution in [-0.2, 0) is 16.2 Å². The second-order valence-corrected chi connectivity index (χ2v) is 10.1. The first-order valence-electron chi connectivity index (χ1n) is 11.6. The predicted octanol–water partition coefficient (Wildman–Crippen LogP) is 1.16. The van der Waals surface area contributed by atoms with Crippen LogP contribution in [0.2, 0.25) is 0 Å². The van der Waals surface area contributed by atoms with Gasteiger partial charge in [0.15, 0.2) is 16.4 Å². The molecule has 190 valence electrons. The summed E-state index contributed by atoms with van der Waals surface area (Å²) in [6.45, 7) is 5.15. The Hall–Kier alpha value is -2.44. The molecule has 2 aliphatic heterocycles. The zero-order chi connectivity index (χ0) is 24.1. The monoisotopic (exact) mass is 521 g/mol. The molecule has 4 rings (SSSR count). The third-order valence-corrected chi connectivity index (χ3v) is 7.64. The van der Waals surface area contributed by atoms with Crippen LogP contribution in [0.3, 0.4) is 0 Å². The number of nitrogens with zero attached hydrogens (tertiary/aromatic N) is 5. The predicted molar refractivity (Wildman–Crippen MR) is 137 cm³/mol. The molecule has 2 amide bonds. The van der Waals surface area contributed by atoms with E-state index in [1.165, 1.54) is 6.20 Å². The molecule has 0 aliphatic carbocycles. The average Bonchev–Trinajstić information content (AvgIpc) is 3.26. The number of nitrogens with two attached hydrogens (primary N) is 1. The second kappa shape index (κ2) is 12.5. The van der Waals surface area contributed by atoms with Crippen molar-refractivity contribution in [3.05, 3.63) is 36.2 Å². The number of anilines is 1. The summed E-state index contributed by atoms with van der Waals surface area (Å²) in [7, 11) is 2.06. The molecule has 3 heterocycles. The van der Waals surface area contributed by atoms with Crippen LogP contribution in [0.1, 0.15) is 29.8 Å². The lowest BCUT2D eigenvalue weighted by atomic mass is 10.1. The Kier molecular flexibility index (Phi) is 9.70. The zero-order valence-electron chi connectivity index (χ0n) is 19.8. The van der Waals surface area contributed by atoms with Crippen LogP contribution in [0.4, 0.5) is 5.82 Å². The molecule has 35 heavy (non-hydrogen) atoms. The smallest absolute Gasteiger partial charge is 0.273 e. The van der Waals surface area contributed by atoms with E-state index < -0.39 is 17.3 Å². The zero-order valence-corrected chi connectivity index (χ0v) is 21.4. The summed E-state index contributed by atoms with van der Waals surface area (Å²) in [5.74, 6) is -0.163. The van der Waals surface area contributed by atoms with Gasteiger partial charge in [-0.1, -0.05) is 0 Å². The van der Waals surface area contributed by atoms with Crippen molar-refractivity contribution < 1.29 is 14.1 Å². The normalized spacial score (nSPS) is 17.8. The fourth-order valence-electron chi connectivity index (χ4n) is 4.05. The molecule has 0 spiro atoms. The second-order valence-electron chi connectivity index (χ2n) is 8.59. The van der Waals surface area contributed by atoms with Gasteiger partial charge in [0.2, 0.25) is 5.91 Å². The van der Waals surface area contributed by atoms with Gasteiger partial charge in [-0.25, -0.2) is 9.97 Å². The maximum atomic E-state index is 12.9. The number of carbonyl (C=O) groups excluding carboxylic acids is 2. The Balaban J connectivity index is 0.00000342. The lowest BCUT2D eigenvalue weighted by Gasteiger charge is -2.31. The third-order valence-electron chi connectivity index (χ3n) is 6.13. The van der Waals surface area contributed by atoms with Gasteiger partial charge in [-0.15, -0.1) is 16.7 Å². The SMILES string of the molecule is CN1CCN([S+]([O-])c2ccc(-c3cnc(N)c(C(=O)NCCCN4CCCC4=O)n3)cc2)CC1.Cl. The minimum atomic E-state index is -1.21. The van der Waals surface area contributed by atoms with E-state index in [0.717, 1.165) is 49.6 Å². The van der Waals surface area contributed by atoms with Crippen LogP contribution in [0.15, 0.2) is 35.4 Å². The highest BCUT2D eigenvalue weighted by Crippen LogP contribution is 2.23. The van der Waals surface area contributed by atoms with Gasteiger partial charge in [0.1, 0.15) is 0 Å². The Labute approximate surface area is 215 Å². The topological polar surface area (TPSA) is 131 Å². The van der Waals surface area contributed by atoms with E-state index in [1.54, 1.807) is 0 Å². The number of rotatable bonds is 8. The van der Waals surface area contributed by atoms with E-state index in [0.29, 0.717) is 31.6 Å². The number of hydrogen-bond donors (Lipinski definition) is 2. The molecular formula is C23H32ClN7O3S. The number of halogens is 1. The van der Waals surface area contributed by atoms with Gasteiger partial charge in [0.25, 0.3) is 5.91 Å². The van der Waals surface area contributed by atoms with Crippen molar-refractivity contribution in [3.8, 4) is 11.3 Å². The van der Waals surface area contributed by atoms with Crippen molar-refractivity contribution >= 4 is 41.4 Å². The summed E-state index contributed by atoms with van der Waals surface area (Å²) in [6, 6.07) is 7.30. The molecule has 0 radical (unpaired) electrons. The van der Waals surface area contributed by atoms with Crippen molar-refractivity contribution in [2.24, 2.45) is 0 Å². The molecule has 2 fully saturated rings. The maximum absolute atomic E-state index is 12.9. The molecule has 2 saturated heterocycles. The quantitative estimate of drug-likeness (QED) is 0.391. The van der Waals surface area contributed by atoms with Gasteiger partial charge in [-0.2, -0.15) is 0 Å². The summed E-state index contributed by atoms with van der Waals surface area (Å²) in [6.07, 6.45) is 3.70. The molecule has 0 saturated carbocycles. The van der Waals surface area contributed by atoms with Gasteiger partial charge in [-0.05, 0) is 44.2 Å². The number of likely N-dealkylation sites (tertiary alicyclic amines) is 1. The number of nitrogen functional groups attached to an aromatic ring is 1. The number of amides is 2. The molecular weight excluding hydrogens is 490 g/mol. The Morgan fingerprint density at radius 2 is 1.89 bits per heavy atom. The van der Waals surface area contributed by atoms with Crippen LogP contribution in [0.5, 0.6) is 0 Å². The molecule has 3 N–H and O–H groups in total. The van der Waals surface area contributed by atoms with Crippen molar-refractivity contribution in [2.75, 3.05) is 58.6 Å². The number of aromatic nitrogens is 2. The van der Waals surface area contributed by atoms with Gasteiger partial charge < -0.3 is 25.4 Å². The summed E-state index contributed by atoms with van der Waals surface area (Å²) in [5.41, 5.74) is 7.25. The number of likely N-dealkylation sites (N-methyl/N-ethyl adjacent to an activating group) is 1. The summed E-state index contributed by atoms with van der Waals surface area (Å²) < 4.78 is 14.8. The third kappa shape index (κ3) is 6.83. The molecule has 1 aromatic heterocycles. The van der Waals surface area contributed by atoms with Crippen LogP contribution in [-0.4, -0.2) is 93.3 Å². The largest absolute Gasteiger partial charge is 0.593 e. The molecule has 1 atom stereocenters. The lowest BCUT2D eigenvalue weighted by Crippen LogP contribution is -2.46. The van der Waals surface area contributed by atoms with E-state index in [9.17, 15) is 14.1 Å². The van der Waals surface area contributed by atoms with Crippen LogP contribution in [0, 0.1) is 0 Å². The van der Waals surface area contributed by atoms with Gasteiger partial charge in [0.05, 0.1) is 36.3 Å². The minimum absolute atomic E-state index is 0. The molecule has 10 nitrogen and oxygen atoms in total. The number of carbonyl (C=O) groups is 2. The first-order chi connectivity index (χ1) is 16.4. The average molecular weight is 522 g/mol. The Morgan fingerprint density at radius 3 is 2.54 bits per heavy atom. The minimum Gasteiger partial charge on any atom is -0.593 e. The Morgan fingerprint density at radius 1 is 1.17 bits per heavy atom. The first-order valence-corrected chi connectivity index (χ1v) is 12.7. The number of piperazine rings is 1. The van der Waals surface area contributed by atoms with Crippen molar-refractivity contribution in [1.29, 1.82) is 0 Å². The van der Waals surface area contributed by atoms with Crippen LogP contribution in [0.25, 0.3) is 11.3 Å². The standard InChI is InChI=1S/C23H31N7O3S.ClH/c1-28-12-14-30(15-13-28)34(33)18-7-5-17(6-8-18)19-16-26-22(24)21(27-19)23(32)25-9-3-11-29-10-2-4-20(29)31;/h5-8,16H,2-4,9-15H2,1H3,(H2,24,26)(H,25,32);1H. The highest BCUT2D eigenvalue weighted by molar-refractivity contribution is 7.89. The van der Waals surface area contributed by atoms with Crippen molar-refractivity contribution in [1.82, 2.24) is 29.4 Å². The van der Waals surface area contributed by atoms with E-state index >= 15 is 0 Å². The fraction of sp³-hybridized carbons (Fsp3) is 0.478. The number of benzene rings is 1. The number of nitrogens with one attached hydrogen (secondary N) is 1. The molecule has 1 unspecified atom stereocenters. The summed E-state index contributed by atoms with van der Waals surface area (Å²) in [5, 5.41) is 2.81. The summed E-state index contributed by atoms with van der Waals surface area (Å²) >= 11 is -1.21.